The fourth-order valence-corrected chi connectivity index (χ4v) is 2.10. The van der Waals surface area contributed by atoms with Gasteiger partial charge in [-0.15, -0.1) is 0 Å². The van der Waals surface area contributed by atoms with Crippen molar-refractivity contribution in [3.05, 3.63) is 72.6 Å². The highest BCUT2D eigenvalue weighted by atomic mass is 19.1. The minimum Gasteiger partial charge on any atom is -0.492 e. The first kappa shape index (κ1) is 15.7. The number of carbonyl (C=O) groups is 1. The Morgan fingerprint density at radius 2 is 2.08 bits per heavy atom. The second-order valence-corrected chi connectivity index (χ2v) is 5.00. The molecule has 0 aliphatic rings. The standard InChI is InChI=1S/C17H15FN4O2/c18-14-4-1-3-13(9-14)17(23)21-15-5-2-6-16(10-15)24-8-7-22-12-19-11-20-22/h1-6,9-12H,7-8H2,(H,21,23). The third kappa shape index (κ3) is 4.16. The Morgan fingerprint density at radius 3 is 2.88 bits per heavy atom. The van der Waals surface area contributed by atoms with E-state index >= 15 is 0 Å². The number of benzene rings is 2. The van der Waals surface area contributed by atoms with Crippen molar-refractivity contribution >= 4 is 11.6 Å². The zero-order valence-corrected chi connectivity index (χ0v) is 12.7. The van der Waals surface area contributed by atoms with Gasteiger partial charge in [0.05, 0.1) is 6.54 Å². The molecular formula is C17H15FN4O2. The molecule has 0 aliphatic heterocycles. The number of aromatic nitrogens is 3. The quantitative estimate of drug-likeness (QED) is 0.756. The number of carbonyl (C=O) groups excluding carboxylic acids is 1. The predicted octanol–water partition coefficient (Wildman–Crippen LogP) is 2.75. The van der Waals surface area contributed by atoms with Gasteiger partial charge in [0.2, 0.25) is 0 Å². The van der Waals surface area contributed by atoms with Gasteiger partial charge in [-0.1, -0.05) is 12.1 Å². The summed E-state index contributed by atoms with van der Waals surface area (Å²) in [7, 11) is 0. The fourth-order valence-electron chi connectivity index (χ4n) is 2.10. The highest BCUT2D eigenvalue weighted by Gasteiger charge is 2.07. The first-order chi connectivity index (χ1) is 11.7. The summed E-state index contributed by atoms with van der Waals surface area (Å²) >= 11 is 0. The molecular weight excluding hydrogens is 311 g/mol. The number of ether oxygens (including phenoxy) is 1. The minimum atomic E-state index is -0.451. The second-order valence-electron chi connectivity index (χ2n) is 5.00. The van der Waals surface area contributed by atoms with E-state index in [2.05, 4.69) is 15.4 Å². The maximum Gasteiger partial charge on any atom is 0.255 e. The van der Waals surface area contributed by atoms with Gasteiger partial charge in [0.15, 0.2) is 0 Å². The van der Waals surface area contributed by atoms with Crippen LogP contribution in [0.5, 0.6) is 5.75 Å². The molecule has 7 heteroatoms. The van der Waals surface area contributed by atoms with E-state index in [0.29, 0.717) is 24.6 Å². The molecule has 0 spiro atoms. The van der Waals surface area contributed by atoms with Gasteiger partial charge in [-0.05, 0) is 30.3 Å². The molecule has 1 aromatic heterocycles. The summed E-state index contributed by atoms with van der Waals surface area (Å²) in [6, 6.07) is 12.5. The number of hydrogen-bond acceptors (Lipinski definition) is 4. The molecule has 24 heavy (non-hydrogen) atoms. The summed E-state index contributed by atoms with van der Waals surface area (Å²) in [6.45, 7) is 0.991. The van der Waals surface area contributed by atoms with E-state index in [9.17, 15) is 9.18 Å². The lowest BCUT2D eigenvalue weighted by atomic mass is 10.2. The molecule has 0 aliphatic carbocycles. The Labute approximate surface area is 137 Å². The van der Waals surface area contributed by atoms with Gasteiger partial charge in [0.1, 0.15) is 30.8 Å². The fraction of sp³-hybridized carbons (Fsp3) is 0.118. The number of halogens is 1. The highest BCUT2D eigenvalue weighted by molar-refractivity contribution is 6.04. The number of nitrogens with one attached hydrogen (secondary N) is 1. The van der Waals surface area contributed by atoms with Crippen LogP contribution in [0.3, 0.4) is 0 Å². The Hall–Kier alpha value is -3.22. The molecule has 6 nitrogen and oxygen atoms in total. The van der Waals surface area contributed by atoms with Gasteiger partial charge in [0.25, 0.3) is 5.91 Å². The molecule has 1 N–H and O–H groups in total. The Bertz CT molecular complexity index is 821. The zero-order chi connectivity index (χ0) is 16.8. The summed E-state index contributed by atoms with van der Waals surface area (Å²) in [5, 5.41) is 6.70. The van der Waals surface area contributed by atoms with E-state index < -0.39 is 5.82 Å². The Kier molecular flexibility index (Phi) is 4.81. The molecule has 1 amide bonds. The molecule has 3 aromatic rings. The summed E-state index contributed by atoms with van der Waals surface area (Å²) in [4.78, 5) is 16.0. The van der Waals surface area contributed by atoms with Crippen LogP contribution in [0.25, 0.3) is 0 Å². The second kappa shape index (κ2) is 7.36. The van der Waals surface area contributed by atoms with E-state index in [1.54, 1.807) is 41.3 Å². The van der Waals surface area contributed by atoms with Crippen LogP contribution in [-0.4, -0.2) is 27.3 Å². The van der Waals surface area contributed by atoms with Gasteiger partial charge in [-0.3, -0.25) is 4.79 Å². The number of amides is 1. The van der Waals surface area contributed by atoms with E-state index in [1.165, 1.54) is 24.5 Å². The smallest absolute Gasteiger partial charge is 0.255 e. The van der Waals surface area contributed by atoms with E-state index in [0.717, 1.165) is 0 Å². The van der Waals surface area contributed by atoms with Crippen LogP contribution in [-0.2, 0) is 6.54 Å². The van der Waals surface area contributed by atoms with Gasteiger partial charge in [-0.2, -0.15) is 5.10 Å². The van der Waals surface area contributed by atoms with Crippen LogP contribution >= 0.6 is 0 Å². The number of nitrogens with zero attached hydrogens (tertiary/aromatic N) is 3. The molecule has 1 heterocycles. The van der Waals surface area contributed by atoms with Crippen LogP contribution in [0.1, 0.15) is 10.4 Å². The van der Waals surface area contributed by atoms with E-state index in [-0.39, 0.29) is 11.5 Å². The third-order valence-corrected chi connectivity index (χ3v) is 3.23. The van der Waals surface area contributed by atoms with Crippen molar-refractivity contribution in [2.45, 2.75) is 6.54 Å². The van der Waals surface area contributed by atoms with E-state index in [1.807, 2.05) is 0 Å². The molecule has 2 aromatic carbocycles. The summed E-state index contributed by atoms with van der Waals surface area (Å²) in [5.74, 6) is -0.214. The highest BCUT2D eigenvalue weighted by Crippen LogP contribution is 2.18. The number of hydrogen-bond donors (Lipinski definition) is 1. The number of rotatable bonds is 6. The predicted molar refractivity (Wildman–Crippen MR) is 86.3 cm³/mol. The lowest BCUT2D eigenvalue weighted by Gasteiger charge is -2.09. The normalized spacial score (nSPS) is 10.4. The molecule has 0 unspecified atom stereocenters. The summed E-state index contributed by atoms with van der Waals surface area (Å²) in [6.07, 6.45) is 3.07. The van der Waals surface area contributed by atoms with Crippen molar-refractivity contribution in [2.75, 3.05) is 11.9 Å². The van der Waals surface area contributed by atoms with E-state index in [4.69, 9.17) is 4.74 Å². The van der Waals surface area contributed by atoms with Crippen molar-refractivity contribution < 1.29 is 13.9 Å². The van der Waals surface area contributed by atoms with Crippen molar-refractivity contribution in [1.29, 1.82) is 0 Å². The van der Waals surface area contributed by atoms with Crippen LogP contribution in [0, 0.1) is 5.82 Å². The molecule has 0 fully saturated rings. The van der Waals surface area contributed by atoms with Crippen molar-refractivity contribution in [1.82, 2.24) is 14.8 Å². The summed E-state index contributed by atoms with van der Waals surface area (Å²) < 4.78 is 20.5. The molecule has 0 bridgehead atoms. The van der Waals surface area contributed by atoms with Gasteiger partial charge >= 0.3 is 0 Å². The number of anilines is 1. The van der Waals surface area contributed by atoms with Crippen molar-refractivity contribution in [3.63, 3.8) is 0 Å². The first-order valence-corrected chi connectivity index (χ1v) is 7.33. The van der Waals surface area contributed by atoms with Crippen molar-refractivity contribution in [3.8, 4) is 5.75 Å². The largest absolute Gasteiger partial charge is 0.492 e. The molecule has 0 saturated carbocycles. The molecule has 0 atom stereocenters. The molecule has 122 valence electrons. The van der Waals surface area contributed by atoms with Crippen LogP contribution < -0.4 is 10.1 Å². The maximum atomic E-state index is 13.2. The lowest BCUT2D eigenvalue weighted by Crippen LogP contribution is -2.12. The third-order valence-electron chi connectivity index (χ3n) is 3.23. The van der Waals surface area contributed by atoms with Crippen LogP contribution in [0.2, 0.25) is 0 Å². The molecule has 0 radical (unpaired) electrons. The van der Waals surface area contributed by atoms with Gasteiger partial charge in [0, 0.05) is 17.3 Å². The SMILES string of the molecule is O=C(Nc1cccc(OCCn2cncn2)c1)c1cccc(F)c1. The molecule has 0 saturated heterocycles. The zero-order valence-electron chi connectivity index (χ0n) is 12.7. The molecule has 3 rings (SSSR count). The maximum absolute atomic E-state index is 13.2. The van der Waals surface area contributed by atoms with Gasteiger partial charge < -0.3 is 10.1 Å². The lowest BCUT2D eigenvalue weighted by molar-refractivity contribution is 0.102. The van der Waals surface area contributed by atoms with Gasteiger partial charge in [-0.25, -0.2) is 14.1 Å². The summed E-state index contributed by atoms with van der Waals surface area (Å²) in [5.41, 5.74) is 0.829. The Balaban J connectivity index is 1.59. The first-order valence-electron chi connectivity index (χ1n) is 7.33. The Morgan fingerprint density at radius 1 is 1.21 bits per heavy atom. The topological polar surface area (TPSA) is 69.0 Å². The minimum absolute atomic E-state index is 0.257. The monoisotopic (exact) mass is 326 g/mol. The average Bonchev–Trinajstić information content (AvgIpc) is 3.09. The van der Waals surface area contributed by atoms with Crippen molar-refractivity contribution in [2.24, 2.45) is 0 Å². The van der Waals surface area contributed by atoms with Crippen LogP contribution in [0.15, 0.2) is 61.2 Å². The van der Waals surface area contributed by atoms with Crippen LogP contribution in [0.4, 0.5) is 10.1 Å². The average molecular weight is 326 g/mol.